The van der Waals surface area contributed by atoms with Crippen molar-refractivity contribution in [2.24, 2.45) is 4.40 Å². The van der Waals surface area contributed by atoms with E-state index in [1.807, 2.05) is 0 Å². The van der Waals surface area contributed by atoms with Crippen molar-refractivity contribution >= 4 is 35.9 Å². The van der Waals surface area contributed by atoms with E-state index in [0.29, 0.717) is 17.3 Å². The fourth-order valence-corrected chi connectivity index (χ4v) is 7.76. The third-order valence-electron chi connectivity index (χ3n) is 5.62. The van der Waals surface area contributed by atoms with Crippen molar-refractivity contribution in [3.05, 3.63) is 71.8 Å². The Kier molecular flexibility index (Phi) is 13.6. The number of carbonyl (C=O) groups excluding carboxylic acids is 2. The lowest BCUT2D eigenvalue weighted by molar-refractivity contribution is -0.143. The molecule has 1 amide bonds. The molecule has 0 fully saturated rings. The number of esters is 1. The van der Waals surface area contributed by atoms with Gasteiger partial charge in [-0.3, -0.25) is 4.57 Å². The molecule has 2 atom stereocenters. The van der Waals surface area contributed by atoms with E-state index in [1.165, 1.54) is 0 Å². The highest BCUT2D eigenvalue weighted by Crippen LogP contribution is 2.58. The van der Waals surface area contributed by atoms with Crippen LogP contribution in [0.5, 0.6) is 0 Å². The zero-order valence-electron chi connectivity index (χ0n) is 24.7. The minimum atomic E-state index is -5.04. The summed E-state index contributed by atoms with van der Waals surface area (Å²) in [5, 5.41) is 2.22. The van der Waals surface area contributed by atoms with Crippen molar-refractivity contribution in [1.29, 1.82) is 0 Å². The number of halogens is 3. The summed E-state index contributed by atoms with van der Waals surface area (Å²) in [6.45, 7) is 3.87. The predicted octanol–water partition coefficient (Wildman–Crippen LogP) is 6.14. The third kappa shape index (κ3) is 13.2. The number of alkyl halides is 3. The second-order valence-electron chi connectivity index (χ2n) is 10.4. The lowest BCUT2D eigenvalue weighted by Crippen LogP contribution is -2.44. The second-order valence-corrected chi connectivity index (χ2v) is 14.8. The molecular weight excluding hydrogens is 628 g/mol. The number of benzene rings is 2. The average molecular weight is 665 g/mol. The van der Waals surface area contributed by atoms with Crippen LogP contribution in [-0.2, 0) is 51.1 Å². The molecule has 0 aliphatic heterocycles. The first-order valence-electron chi connectivity index (χ1n) is 13.3. The van der Waals surface area contributed by atoms with Crippen molar-refractivity contribution in [3.8, 4) is 0 Å². The lowest BCUT2D eigenvalue weighted by atomic mass is 10.2. The van der Waals surface area contributed by atoms with E-state index in [1.54, 1.807) is 81.4 Å². The Balaban J connectivity index is 2.42. The molecule has 2 rings (SSSR count). The smallest absolute Gasteiger partial charge is 0.408 e. The van der Waals surface area contributed by atoms with E-state index in [9.17, 15) is 35.7 Å². The standard InChI is InChI=1S/C28H36F3N2O9PS/c1-27(2,3)42-26(35)33-23(25(34)39-4)16-18-32-44(37,38)24(15-17-28(29,30)31)43(36,40-19-21-11-7-5-8-12-21)41-20-22-13-9-6-10-14-22/h5-14,18,23-24H,15-17,19-20H2,1-4H3,(H,33,35)/b32-18+/t23-,24-/m0/s1. The van der Waals surface area contributed by atoms with Crippen LogP contribution < -0.4 is 5.32 Å². The molecule has 11 nitrogen and oxygen atoms in total. The van der Waals surface area contributed by atoms with Crippen molar-refractivity contribution < 1.29 is 54.3 Å². The maximum atomic E-state index is 14.1. The van der Waals surface area contributed by atoms with Gasteiger partial charge in [0.25, 0.3) is 10.0 Å². The Hall–Kier alpha value is -3.26. The van der Waals surface area contributed by atoms with Gasteiger partial charge in [-0.05, 0) is 38.3 Å². The Morgan fingerprint density at radius 1 is 0.955 bits per heavy atom. The minimum absolute atomic E-state index is 0.432. The second kappa shape index (κ2) is 16.2. The summed E-state index contributed by atoms with van der Waals surface area (Å²) in [6.07, 6.45) is -8.52. The first kappa shape index (κ1) is 36.9. The lowest BCUT2D eigenvalue weighted by Gasteiger charge is -2.26. The van der Waals surface area contributed by atoms with Crippen LogP contribution in [0.2, 0.25) is 0 Å². The van der Waals surface area contributed by atoms with Crippen LogP contribution in [0, 0.1) is 0 Å². The first-order valence-corrected chi connectivity index (χ1v) is 16.4. The quantitative estimate of drug-likeness (QED) is 0.135. The maximum absolute atomic E-state index is 14.1. The van der Waals surface area contributed by atoms with Crippen LogP contribution in [0.25, 0.3) is 0 Å². The monoisotopic (exact) mass is 664 g/mol. The molecule has 0 heterocycles. The summed E-state index contributed by atoms with van der Waals surface area (Å²) in [7, 11) is -8.90. The van der Waals surface area contributed by atoms with E-state index in [0.717, 1.165) is 7.11 Å². The number of ether oxygens (including phenoxy) is 2. The minimum Gasteiger partial charge on any atom is -0.467 e. The number of methoxy groups -OCH3 is 1. The number of alkyl carbamates (subject to hydrolysis) is 1. The van der Waals surface area contributed by atoms with Gasteiger partial charge in [0.2, 0.25) is 0 Å². The number of hydrogen-bond donors (Lipinski definition) is 1. The maximum Gasteiger partial charge on any atom is 0.408 e. The molecule has 44 heavy (non-hydrogen) atoms. The molecule has 0 saturated heterocycles. The van der Waals surface area contributed by atoms with Crippen molar-refractivity contribution in [1.82, 2.24) is 5.32 Å². The molecule has 2 aromatic carbocycles. The number of nitrogens with one attached hydrogen (secondary N) is 1. The summed E-state index contributed by atoms with van der Waals surface area (Å²) in [6, 6.07) is 14.8. The number of nitrogens with zero attached hydrogens (tertiary/aromatic N) is 1. The predicted molar refractivity (Wildman–Crippen MR) is 156 cm³/mol. The number of hydrogen-bond acceptors (Lipinski definition) is 9. The fourth-order valence-electron chi connectivity index (χ4n) is 3.57. The molecular formula is C28H36F3N2O9PS. The van der Waals surface area contributed by atoms with Crippen LogP contribution in [0.15, 0.2) is 65.1 Å². The normalized spacial score (nSPS) is 14.2. The summed E-state index contributed by atoms with van der Waals surface area (Å²) in [4.78, 5) is 22.0. The molecule has 0 aliphatic carbocycles. The fraction of sp³-hybridized carbons (Fsp3) is 0.464. The number of carbonyl (C=O) groups is 2. The molecule has 16 heteroatoms. The molecule has 0 spiro atoms. The Bertz CT molecular complexity index is 1350. The van der Waals surface area contributed by atoms with Crippen molar-refractivity contribution in [3.63, 3.8) is 0 Å². The first-order chi connectivity index (χ1) is 20.4. The Morgan fingerprint density at radius 3 is 1.89 bits per heavy atom. The molecule has 1 N–H and O–H groups in total. The van der Waals surface area contributed by atoms with Gasteiger partial charge in [-0.2, -0.15) is 17.6 Å². The Labute approximate surface area is 254 Å². The van der Waals surface area contributed by atoms with Gasteiger partial charge in [0.05, 0.1) is 20.3 Å². The van der Waals surface area contributed by atoms with Gasteiger partial charge in [0.1, 0.15) is 11.6 Å². The van der Waals surface area contributed by atoms with Gasteiger partial charge in [-0.15, -0.1) is 0 Å². The van der Waals surface area contributed by atoms with E-state index in [2.05, 4.69) is 14.5 Å². The molecule has 0 aromatic heterocycles. The van der Waals surface area contributed by atoms with Crippen molar-refractivity contribution in [2.45, 2.75) is 76.1 Å². The zero-order valence-corrected chi connectivity index (χ0v) is 26.4. The van der Waals surface area contributed by atoms with E-state index in [4.69, 9.17) is 13.8 Å². The molecule has 0 aliphatic rings. The van der Waals surface area contributed by atoms with Gasteiger partial charge in [-0.25, -0.2) is 18.0 Å². The summed E-state index contributed by atoms with van der Waals surface area (Å²) >= 11 is 0. The SMILES string of the molecule is COC(=O)[C@H](C/C=N/S(=O)(=O)[C@@H](CCC(F)(F)F)P(=O)(OCc1ccccc1)OCc1ccccc1)NC(=O)OC(C)(C)C. The summed E-state index contributed by atoms with van der Waals surface area (Å²) < 4.78 is 105. The molecule has 2 aromatic rings. The highest BCUT2D eigenvalue weighted by Gasteiger charge is 2.47. The van der Waals surface area contributed by atoms with Crippen LogP contribution in [0.1, 0.15) is 51.2 Å². The molecule has 0 saturated carbocycles. The average Bonchev–Trinajstić information content (AvgIpc) is 2.93. The Morgan fingerprint density at radius 2 is 1.45 bits per heavy atom. The van der Waals surface area contributed by atoms with Gasteiger partial charge >= 0.3 is 25.8 Å². The number of sulfonamides is 1. The van der Waals surface area contributed by atoms with Gasteiger partial charge in [0, 0.05) is 19.1 Å². The molecule has 244 valence electrons. The molecule has 0 radical (unpaired) electrons. The number of amides is 1. The topological polar surface area (TPSA) is 147 Å². The highest BCUT2D eigenvalue weighted by atomic mass is 32.2. The summed E-state index contributed by atoms with van der Waals surface area (Å²) in [5.41, 5.74) is -0.00422. The van der Waals surface area contributed by atoms with Crippen molar-refractivity contribution in [2.75, 3.05) is 7.11 Å². The van der Waals surface area contributed by atoms with Crippen LogP contribution in [0.4, 0.5) is 18.0 Å². The van der Waals surface area contributed by atoms with E-state index in [-0.39, 0.29) is 0 Å². The van der Waals surface area contributed by atoms with Gasteiger partial charge in [-0.1, -0.05) is 60.7 Å². The zero-order chi connectivity index (χ0) is 33.0. The van der Waals surface area contributed by atoms with Gasteiger partial charge < -0.3 is 23.8 Å². The van der Waals surface area contributed by atoms with Crippen LogP contribution in [-0.4, -0.2) is 56.6 Å². The van der Waals surface area contributed by atoms with E-state index < -0.39 is 85.0 Å². The molecule has 0 bridgehead atoms. The van der Waals surface area contributed by atoms with Crippen LogP contribution >= 0.6 is 7.60 Å². The highest BCUT2D eigenvalue weighted by molar-refractivity contribution is 7.97. The summed E-state index contributed by atoms with van der Waals surface area (Å²) in [5.74, 6) is -0.976. The molecule has 0 unspecified atom stereocenters. The van der Waals surface area contributed by atoms with E-state index >= 15 is 0 Å². The largest absolute Gasteiger partial charge is 0.467 e. The third-order valence-corrected chi connectivity index (χ3v) is 10.5. The van der Waals surface area contributed by atoms with Crippen LogP contribution in [0.3, 0.4) is 0 Å². The number of rotatable bonds is 15. The van der Waals surface area contributed by atoms with Gasteiger partial charge in [0.15, 0.2) is 4.99 Å².